The number of methoxy groups -OCH3 is 1. The van der Waals surface area contributed by atoms with E-state index in [1.54, 1.807) is 7.11 Å². The first-order valence-electron chi connectivity index (χ1n) is 3.66. The molecule has 1 aliphatic rings. The molecular formula is C8H15NO. The molecule has 10 heavy (non-hydrogen) atoms. The summed E-state index contributed by atoms with van der Waals surface area (Å²) in [6, 6.07) is 0.418. The van der Waals surface area contributed by atoms with Gasteiger partial charge in [0.2, 0.25) is 0 Å². The highest BCUT2D eigenvalue weighted by molar-refractivity contribution is 5.22. The predicted molar refractivity (Wildman–Crippen MR) is 41.8 cm³/mol. The van der Waals surface area contributed by atoms with Gasteiger partial charge in [0.15, 0.2) is 0 Å². The van der Waals surface area contributed by atoms with Gasteiger partial charge in [0, 0.05) is 13.2 Å². The zero-order valence-corrected chi connectivity index (χ0v) is 6.68. The molecule has 58 valence electrons. The van der Waals surface area contributed by atoms with Gasteiger partial charge in [0.05, 0.1) is 6.61 Å². The Morgan fingerprint density at radius 1 is 1.70 bits per heavy atom. The van der Waals surface area contributed by atoms with Crippen LogP contribution in [0.4, 0.5) is 0 Å². The largest absolute Gasteiger partial charge is 0.380 e. The average molecular weight is 141 g/mol. The molecule has 0 heterocycles. The first-order valence-corrected chi connectivity index (χ1v) is 3.66. The molecule has 2 nitrogen and oxygen atoms in total. The average Bonchev–Trinajstić information content (AvgIpc) is 1.82. The van der Waals surface area contributed by atoms with Crippen LogP contribution in [-0.2, 0) is 4.74 Å². The fourth-order valence-electron chi connectivity index (χ4n) is 1.24. The van der Waals surface area contributed by atoms with E-state index >= 15 is 0 Å². The Kier molecular flexibility index (Phi) is 2.46. The third-order valence-corrected chi connectivity index (χ3v) is 1.98. The molecule has 0 aliphatic heterocycles. The van der Waals surface area contributed by atoms with Crippen LogP contribution < -0.4 is 5.73 Å². The lowest BCUT2D eigenvalue weighted by Gasteiger charge is -2.27. The van der Waals surface area contributed by atoms with E-state index in [4.69, 9.17) is 10.5 Å². The fourth-order valence-corrected chi connectivity index (χ4v) is 1.24. The fraction of sp³-hybridized carbons (Fsp3) is 0.750. The smallest absolute Gasteiger partial charge is 0.0672 e. The minimum atomic E-state index is 0.418. The maximum atomic E-state index is 5.63. The van der Waals surface area contributed by atoms with Crippen LogP contribution in [0.1, 0.15) is 19.8 Å². The molecule has 2 heteroatoms. The second kappa shape index (κ2) is 3.17. The highest BCUT2D eigenvalue weighted by atomic mass is 16.5. The second-order valence-corrected chi connectivity index (χ2v) is 2.99. The monoisotopic (exact) mass is 141 g/mol. The molecule has 2 N–H and O–H groups in total. The van der Waals surface area contributed by atoms with Crippen LogP contribution in [0.5, 0.6) is 0 Å². The van der Waals surface area contributed by atoms with E-state index in [2.05, 4.69) is 6.92 Å². The number of hydrogen-bond acceptors (Lipinski definition) is 2. The van der Waals surface area contributed by atoms with Crippen molar-refractivity contribution in [1.29, 1.82) is 0 Å². The van der Waals surface area contributed by atoms with E-state index in [1.807, 2.05) is 0 Å². The van der Waals surface area contributed by atoms with Crippen LogP contribution in [0, 0.1) is 0 Å². The molecule has 0 unspecified atom stereocenters. The van der Waals surface area contributed by atoms with Gasteiger partial charge in [-0.2, -0.15) is 0 Å². The van der Waals surface area contributed by atoms with Gasteiger partial charge in [-0.1, -0.05) is 5.57 Å². The van der Waals surface area contributed by atoms with Crippen LogP contribution >= 0.6 is 0 Å². The molecule has 0 aromatic rings. The Bertz CT molecular complexity index is 138. The molecular weight excluding hydrogens is 126 g/mol. The molecule has 1 fully saturated rings. The van der Waals surface area contributed by atoms with Gasteiger partial charge in [-0.3, -0.25) is 0 Å². The molecule has 0 radical (unpaired) electrons. The van der Waals surface area contributed by atoms with Crippen molar-refractivity contribution in [2.45, 2.75) is 25.8 Å². The molecule has 1 rings (SSSR count). The van der Waals surface area contributed by atoms with Crippen LogP contribution in [0.15, 0.2) is 11.1 Å². The Morgan fingerprint density at radius 2 is 2.30 bits per heavy atom. The highest BCUT2D eigenvalue weighted by Crippen LogP contribution is 2.27. The Morgan fingerprint density at radius 3 is 2.70 bits per heavy atom. The van der Waals surface area contributed by atoms with Gasteiger partial charge in [0.25, 0.3) is 0 Å². The summed E-state index contributed by atoms with van der Waals surface area (Å²) < 4.78 is 5.00. The minimum absolute atomic E-state index is 0.418. The van der Waals surface area contributed by atoms with Gasteiger partial charge in [-0.25, -0.2) is 0 Å². The normalized spacial score (nSPS) is 24.3. The number of ether oxygens (including phenoxy) is 1. The van der Waals surface area contributed by atoms with E-state index in [9.17, 15) is 0 Å². The lowest BCUT2D eigenvalue weighted by molar-refractivity contribution is 0.223. The van der Waals surface area contributed by atoms with E-state index in [0.29, 0.717) is 6.04 Å². The van der Waals surface area contributed by atoms with Crippen LogP contribution in [-0.4, -0.2) is 19.8 Å². The zero-order chi connectivity index (χ0) is 7.56. The van der Waals surface area contributed by atoms with Gasteiger partial charge >= 0.3 is 0 Å². The van der Waals surface area contributed by atoms with E-state index in [1.165, 1.54) is 11.1 Å². The van der Waals surface area contributed by atoms with Gasteiger partial charge < -0.3 is 10.5 Å². The SMILES string of the molecule is COCC(C)=C1CC(N)C1. The third kappa shape index (κ3) is 1.58. The molecule has 1 saturated carbocycles. The third-order valence-electron chi connectivity index (χ3n) is 1.98. The van der Waals surface area contributed by atoms with Crippen LogP contribution in [0.3, 0.4) is 0 Å². The van der Waals surface area contributed by atoms with Crippen molar-refractivity contribution >= 4 is 0 Å². The minimum Gasteiger partial charge on any atom is -0.380 e. The van der Waals surface area contributed by atoms with Crippen molar-refractivity contribution in [3.8, 4) is 0 Å². The maximum Gasteiger partial charge on any atom is 0.0672 e. The standard InChI is InChI=1S/C8H15NO/c1-6(5-10-2)7-3-8(9)4-7/h8H,3-5,9H2,1-2H3. The summed E-state index contributed by atoms with van der Waals surface area (Å²) >= 11 is 0. The van der Waals surface area contributed by atoms with Crippen molar-refractivity contribution in [3.63, 3.8) is 0 Å². The van der Waals surface area contributed by atoms with Gasteiger partial charge in [-0.15, -0.1) is 0 Å². The van der Waals surface area contributed by atoms with Crippen molar-refractivity contribution in [1.82, 2.24) is 0 Å². The number of rotatable bonds is 2. The molecule has 0 bridgehead atoms. The van der Waals surface area contributed by atoms with Crippen molar-refractivity contribution < 1.29 is 4.74 Å². The molecule has 0 aromatic carbocycles. The first kappa shape index (κ1) is 7.76. The molecule has 1 aliphatic carbocycles. The Hall–Kier alpha value is -0.340. The van der Waals surface area contributed by atoms with Crippen LogP contribution in [0.2, 0.25) is 0 Å². The van der Waals surface area contributed by atoms with Crippen molar-refractivity contribution in [3.05, 3.63) is 11.1 Å². The number of nitrogens with two attached hydrogens (primary N) is 1. The van der Waals surface area contributed by atoms with E-state index in [0.717, 1.165) is 19.4 Å². The zero-order valence-electron chi connectivity index (χ0n) is 6.68. The quantitative estimate of drug-likeness (QED) is 0.584. The van der Waals surface area contributed by atoms with Crippen molar-refractivity contribution in [2.75, 3.05) is 13.7 Å². The number of hydrogen-bond donors (Lipinski definition) is 1. The van der Waals surface area contributed by atoms with E-state index in [-0.39, 0.29) is 0 Å². The lowest BCUT2D eigenvalue weighted by atomic mass is 9.84. The molecule has 0 aromatic heterocycles. The molecule has 0 saturated heterocycles. The summed E-state index contributed by atoms with van der Waals surface area (Å²) in [7, 11) is 1.72. The lowest BCUT2D eigenvalue weighted by Crippen LogP contribution is -2.31. The molecule has 0 amide bonds. The maximum absolute atomic E-state index is 5.63. The summed E-state index contributed by atoms with van der Waals surface area (Å²) in [5.74, 6) is 0. The van der Waals surface area contributed by atoms with Crippen molar-refractivity contribution in [2.24, 2.45) is 5.73 Å². The summed E-state index contributed by atoms with van der Waals surface area (Å²) in [6.45, 7) is 2.88. The summed E-state index contributed by atoms with van der Waals surface area (Å²) in [5, 5.41) is 0. The summed E-state index contributed by atoms with van der Waals surface area (Å²) in [5.41, 5.74) is 8.49. The highest BCUT2D eigenvalue weighted by Gasteiger charge is 2.20. The van der Waals surface area contributed by atoms with E-state index < -0.39 is 0 Å². The predicted octanol–water partition coefficient (Wildman–Crippen LogP) is 1.07. The topological polar surface area (TPSA) is 35.2 Å². The first-order chi connectivity index (χ1) is 4.74. The summed E-state index contributed by atoms with van der Waals surface area (Å²) in [6.07, 6.45) is 2.16. The molecule has 0 spiro atoms. The molecule has 0 atom stereocenters. The van der Waals surface area contributed by atoms with Gasteiger partial charge in [0.1, 0.15) is 0 Å². The Labute approximate surface area is 62.1 Å². The summed E-state index contributed by atoms with van der Waals surface area (Å²) in [4.78, 5) is 0. The van der Waals surface area contributed by atoms with Gasteiger partial charge in [-0.05, 0) is 25.3 Å². The Balaban J connectivity index is 2.37. The van der Waals surface area contributed by atoms with Crippen LogP contribution in [0.25, 0.3) is 0 Å². The second-order valence-electron chi connectivity index (χ2n) is 2.99.